The second kappa shape index (κ2) is 5.80. The lowest BCUT2D eigenvalue weighted by atomic mass is 9.47. The van der Waals surface area contributed by atoms with Crippen LogP contribution in [0.15, 0.2) is 17.4 Å². The molecule has 2 fully saturated rings. The van der Waals surface area contributed by atoms with E-state index >= 15 is 0 Å². The smallest absolute Gasteiger partial charge is 0.303 e. The number of H-pyrrole nitrogens is 1. The van der Waals surface area contributed by atoms with Gasteiger partial charge < -0.3 is 5.11 Å². The van der Waals surface area contributed by atoms with Gasteiger partial charge in [0.2, 0.25) is 0 Å². The van der Waals surface area contributed by atoms with Crippen molar-refractivity contribution in [1.29, 1.82) is 0 Å². The van der Waals surface area contributed by atoms with Gasteiger partial charge in [-0.15, -0.1) is 0 Å². The maximum absolute atomic E-state index is 11.9. The molecule has 1 aromatic rings. The lowest BCUT2D eigenvalue weighted by Gasteiger charge is -2.57. The monoisotopic (exact) mass is 314 g/mol. The fraction of sp³-hybridized carbons (Fsp3) is 0.500. The highest BCUT2D eigenvalue weighted by Crippen LogP contribution is 2.64. The minimum atomic E-state index is -0.700. The Hall–Kier alpha value is -2.17. The van der Waals surface area contributed by atoms with Crippen LogP contribution in [-0.4, -0.2) is 21.3 Å². The Bertz CT molecular complexity index is 718. The lowest BCUT2D eigenvalue weighted by molar-refractivity contribution is -0.142. The number of carboxylic acid groups (broad SMARTS) is 1. The zero-order chi connectivity index (χ0) is 16.6. The standard InChI is InChI=1S/C18H22N2O3/c1-3-5-14-13(4-2)17(23)20-19-16(14)12-9-18(10-12)7-11(8-18)6-15(21)22/h3-5,11-12H,2,6-10H2,1H3,(H,20,23)(H,21,22)/b5-3-. The van der Waals surface area contributed by atoms with Crippen LogP contribution >= 0.6 is 0 Å². The van der Waals surface area contributed by atoms with E-state index in [1.807, 2.05) is 19.1 Å². The van der Waals surface area contributed by atoms with Crippen LogP contribution in [0.5, 0.6) is 0 Å². The van der Waals surface area contributed by atoms with Gasteiger partial charge in [0.25, 0.3) is 5.56 Å². The number of carbonyl (C=O) groups is 1. The van der Waals surface area contributed by atoms with Crippen molar-refractivity contribution in [2.24, 2.45) is 11.3 Å². The molecule has 1 aromatic heterocycles. The molecule has 122 valence electrons. The SMILES string of the molecule is C=Cc1c(/C=C\C)c(C2CC3(CC(CC(=O)O)C3)C2)n[nH]c1=O. The van der Waals surface area contributed by atoms with Gasteiger partial charge in [-0.1, -0.05) is 24.8 Å². The quantitative estimate of drug-likeness (QED) is 0.874. The lowest BCUT2D eigenvalue weighted by Crippen LogP contribution is -2.47. The Morgan fingerprint density at radius 3 is 2.65 bits per heavy atom. The van der Waals surface area contributed by atoms with Gasteiger partial charge in [-0.3, -0.25) is 9.59 Å². The molecule has 23 heavy (non-hydrogen) atoms. The molecule has 3 rings (SSSR count). The number of carboxylic acids is 1. The summed E-state index contributed by atoms with van der Waals surface area (Å²) in [6.45, 7) is 5.65. The maximum Gasteiger partial charge on any atom is 0.303 e. The first kappa shape index (κ1) is 15.7. The third-order valence-electron chi connectivity index (χ3n) is 5.28. The van der Waals surface area contributed by atoms with Crippen molar-refractivity contribution >= 4 is 18.1 Å². The van der Waals surface area contributed by atoms with Crippen LogP contribution in [0.25, 0.3) is 12.2 Å². The summed E-state index contributed by atoms with van der Waals surface area (Å²) >= 11 is 0. The molecule has 2 aliphatic rings. The number of allylic oxidation sites excluding steroid dienone is 1. The van der Waals surface area contributed by atoms with Crippen LogP contribution in [-0.2, 0) is 4.79 Å². The van der Waals surface area contributed by atoms with Crippen LogP contribution in [0.4, 0.5) is 0 Å². The van der Waals surface area contributed by atoms with Crippen molar-refractivity contribution < 1.29 is 9.90 Å². The van der Waals surface area contributed by atoms with Crippen LogP contribution in [0.2, 0.25) is 0 Å². The molecule has 0 aliphatic heterocycles. The Labute approximate surface area is 135 Å². The highest BCUT2D eigenvalue weighted by Gasteiger charge is 2.54. The number of nitrogens with one attached hydrogen (secondary N) is 1. The van der Waals surface area contributed by atoms with Gasteiger partial charge >= 0.3 is 5.97 Å². The van der Waals surface area contributed by atoms with Crippen molar-refractivity contribution in [3.05, 3.63) is 39.8 Å². The summed E-state index contributed by atoms with van der Waals surface area (Å²) in [5.74, 6) is -0.0349. The van der Waals surface area contributed by atoms with Crippen molar-refractivity contribution in [2.75, 3.05) is 0 Å². The molecule has 5 nitrogen and oxygen atoms in total. The van der Waals surface area contributed by atoms with Crippen molar-refractivity contribution in [3.63, 3.8) is 0 Å². The van der Waals surface area contributed by atoms with Crippen LogP contribution in [0, 0.1) is 11.3 Å². The van der Waals surface area contributed by atoms with Crippen LogP contribution in [0.1, 0.15) is 61.8 Å². The van der Waals surface area contributed by atoms with E-state index in [1.165, 1.54) is 0 Å². The average molecular weight is 314 g/mol. The second-order valence-electron chi connectivity index (χ2n) is 6.95. The summed E-state index contributed by atoms with van der Waals surface area (Å²) in [6.07, 6.45) is 9.78. The van der Waals surface area contributed by atoms with E-state index in [0.29, 0.717) is 22.8 Å². The Kier molecular flexibility index (Phi) is 3.96. The zero-order valence-corrected chi connectivity index (χ0v) is 13.3. The molecular weight excluding hydrogens is 292 g/mol. The minimum absolute atomic E-state index is 0.212. The Balaban J connectivity index is 1.75. The first-order valence-electron chi connectivity index (χ1n) is 8.07. The van der Waals surface area contributed by atoms with Gasteiger partial charge in [-0.2, -0.15) is 5.10 Å². The number of aromatic amines is 1. The molecule has 2 aliphatic carbocycles. The number of aliphatic carboxylic acids is 1. The molecular formula is C18H22N2O3. The highest BCUT2D eigenvalue weighted by atomic mass is 16.4. The fourth-order valence-electron chi connectivity index (χ4n) is 4.42. The molecule has 5 heteroatoms. The molecule has 1 spiro atoms. The van der Waals surface area contributed by atoms with E-state index in [-0.39, 0.29) is 12.0 Å². The molecule has 2 N–H and O–H groups in total. The molecule has 0 atom stereocenters. The Morgan fingerprint density at radius 1 is 1.39 bits per heavy atom. The number of hydrogen-bond acceptors (Lipinski definition) is 3. The third kappa shape index (κ3) is 2.76. The minimum Gasteiger partial charge on any atom is -0.481 e. The van der Waals surface area contributed by atoms with Gasteiger partial charge in [0, 0.05) is 23.5 Å². The van der Waals surface area contributed by atoms with E-state index in [1.54, 1.807) is 6.08 Å². The van der Waals surface area contributed by atoms with E-state index in [4.69, 9.17) is 5.11 Å². The average Bonchev–Trinajstić information content (AvgIpc) is 2.41. The first-order chi connectivity index (χ1) is 11.0. The molecule has 0 amide bonds. The summed E-state index contributed by atoms with van der Waals surface area (Å²) in [6, 6.07) is 0. The van der Waals surface area contributed by atoms with Gasteiger partial charge in [0.1, 0.15) is 0 Å². The summed E-state index contributed by atoms with van der Waals surface area (Å²) in [5.41, 5.74) is 2.48. The topological polar surface area (TPSA) is 83.0 Å². The predicted octanol–water partition coefficient (Wildman–Crippen LogP) is 3.19. The van der Waals surface area contributed by atoms with E-state index < -0.39 is 5.97 Å². The highest BCUT2D eigenvalue weighted by molar-refractivity contribution is 5.67. The molecule has 2 saturated carbocycles. The molecule has 1 heterocycles. The first-order valence-corrected chi connectivity index (χ1v) is 8.07. The molecule has 0 saturated heterocycles. The van der Waals surface area contributed by atoms with Crippen LogP contribution < -0.4 is 5.56 Å². The number of hydrogen-bond donors (Lipinski definition) is 2. The molecule has 0 aromatic carbocycles. The van der Waals surface area contributed by atoms with Gasteiger partial charge in [0.05, 0.1) is 5.69 Å². The maximum atomic E-state index is 11.9. The summed E-state index contributed by atoms with van der Waals surface area (Å²) in [5, 5.41) is 15.7. The fourth-order valence-corrected chi connectivity index (χ4v) is 4.42. The second-order valence-corrected chi connectivity index (χ2v) is 6.95. The van der Waals surface area contributed by atoms with Gasteiger partial charge in [-0.25, -0.2) is 5.10 Å². The van der Waals surface area contributed by atoms with Crippen molar-refractivity contribution in [2.45, 2.75) is 44.9 Å². The zero-order valence-electron chi connectivity index (χ0n) is 13.3. The van der Waals surface area contributed by atoms with E-state index in [2.05, 4.69) is 16.8 Å². The van der Waals surface area contributed by atoms with Gasteiger partial charge in [0.15, 0.2) is 0 Å². The van der Waals surface area contributed by atoms with E-state index in [9.17, 15) is 9.59 Å². The van der Waals surface area contributed by atoms with E-state index in [0.717, 1.165) is 36.9 Å². The Morgan fingerprint density at radius 2 is 2.09 bits per heavy atom. The molecule has 0 radical (unpaired) electrons. The number of rotatable bonds is 5. The molecule has 0 bridgehead atoms. The third-order valence-corrected chi connectivity index (χ3v) is 5.28. The van der Waals surface area contributed by atoms with Crippen molar-refractivity contribution in [1.82, 2.24) is 10.2 Å². The summed E-state index contributed by atoms with van der Waals surface area (Å²) in [7, 11) is 0. The van der Waals surface area contributed by atoms with Gasteiger partial charge in [-0.05, 0) is 43.9 Å². The number of aromatic nitrogens is 2. The normalized spacial score (nSPS) is 29.3. The number of nitrogens with zero attached hydrogens (tertiary/aromatic N) is 1. The summed E-state index contributed by atoms with van der Waals surface area (Å²) in [4.78, 5) is 22.7. The largest absolute Gasteiger partial charge is 0.481 e. The van der Waals surface area contributed by atoms with Crippen molar-refractivity contribution in [3.8, 4) is 0 Å². The summed E-state index contributed by atoms with van der Waals surface area (Å²) < 4.78 is 0. The predicted molar refractivity (Wildman–Crippen MR) is 89.0 cm³/mol. The molecule has 0 unspecified atom stereocenters. The van der Waals surface area contributed by atoms with Crippen LogP contribution in [0.3, 0.4) is 0 Å².